The summed E-state index contributed by atoms with van der Waals surface area (Å²) in [4.78, 5) is 13.2. The van der Waals surface area contributed by atoms with Gasteiger partial charge in [-0.05, 0) is 43.2 Å². The van der Waals surface area contributed by atoms with E-state index < -0.39 is 16.3 Å². The monoisotopic (exact) mass is 533 g/mol. The van der Waals surface area contributed by atoms with Crippen molar-refractivity contribution in [3.63, 3.8) is 0 Å². The standard InChI is InChI=1S/C23H18ClF2N5O4S/c24-17-13-27-9-5-16(17)21-29-18-2-1-8-28-22(18)31(21)14-6-10-30(11-7-14)36(32,33)15-3-4-19-20(12-15)35-23(25,26)34-19/h1-5,8-9,12-14H,6-7,10-11H2. The fourth-order valence-corrected chi connectivity index (χ4v) is 6.29. The normalized spacial score (nSPS) is 18.1. The largest absolute Gasteiger partial charge is 0.586 e. The summed E-state index contributed by atoms with van der Waals surface area (Å²) >= 11 is 6.42. The molecule has 0 aliphatic carbocycles. The van der Waals surface area contributed by atoms with E-state index in [2.05, 4.69) is 19.4 Å². The van der Waals surface area contributed by atoms with Crippen molar-refractivity contribution in [1.82, 2.24) is 23.8 Å². The quantitative estimate of drug-likeness (QED) is 0.381. The molecule has 0 amide bonds. The van der Waals surface area contributed by atoms with E-state index in [0.29, 0.717) is 40.4 Å². The number of imidazole rings is 1. The highest BCUT2D eigenvalue weighted by molar-refractivity contribution is 7.89. The number of ether oxygens (including phenoxy) is 2. The first-order valence-corrected chi connectivity index (χ1v) is 12.9. The number of rotatable bonds is 4. The molecule has 13 heteroatoms. The van der Waals surface area contributed by atoms with Gasteiger partial charge in [0.15, 0.2) is 17.1 Å². The highest BCUT2D eigenvalue weighted by Gasteiger charge is 2.44. The molecule has 0 radical (unpaired) electrons. The molecule has 1 aromatic carbocycles. The van der Waals surface area contributed by atoms with Crippen molar-refractivity contribution in [2.24, 2.45) is 0 Å². The van der Waals surface area contributed by atoms with E-state index in [4.69, 9.17) is 16.6 Å². The third-order valence-corrected chi connectivity index (χ3v) is 8.46. The van der Waals surface area contributed by atoms with Gasteiger partial charge in [-0.15, -0.1) is 8.78 Å². The van der Waals surface area contributed by atoms with Gasteiger partial charge in [0.05, 0.1) is 9.92 Å². The highest BCUT2D eigenvalue weighted by Crippen LogP contribution is 2.43. The zero-order chi connectivity index (χ0) is 25.1. The second kappa shape index (κ2) is 8.36. The number of hydrogen-bond donors (Lipinski definition) is 0. The molecule has 186 valence electrons. The molecular weight excluding hydrogens is 516 g/mol. The molecule has 0 unspecified atom stereocenters. The number of halogens is 3. The van der Waals surface area contributed by atoms with Gasteiger partial charge in [-0.1, -0.05) is 11.6 Å². The Morgan fingerprint density at radius 1 is 1.06 bits per heavy atom. The smallest absolute Gasteiger partial charge is 0.395 e. The zero-order valence-electron chi connectivity index (χ0n) is 18.5. The molecule has 0 N–H and O–H groups in total. The minimum Gasteiger partial charge on any atom is -0.395 e. The minimum atomic E-state index is -3.94. The molecule has 36 heavy (non-hydrogen) atoms. The van der Waals surface area contributed by atoms with Gasteiger partial charge in [0.2, 0.25) is 10.0 Å². The van der Waals surface area contributed by atoms with E-state index in [1.54, 1.807) is 30.7 Å². The molecule has 1 saturated heterocycles. The van der Waals surface area contributed by atoms with Crippen LogP contribution < -0.4 is 9.47 Å². The van der Waals surface area contributed by atoms with Gasteiger partial charge in [0, 0.05) is 49.4 Å². The average molecular weight is 534 g/mol. The lowest BCUT2D eigenvalue weighted by Crippen LogP contribution is -2.39. The number of nitrogens with zero attached hydrogens (tertiary/aromatic N) is 5. The van der Waals surface area contributed by atoms with Crippen molar-refractivity contribution in [1.29, 1.82) is 0 Å². The third-order valence-electron chi connectivity index (χ3n) is 6.26. The number of piperidine rings is 1. The zero-order valence-corrected chi connectivity index (χ0v) is 20.1. The van der Waals surface area contributed by atoms with Gasteiger partial charge in [0.25, 0.3) is 0 Å². The molecule has 4 aromatic rings. The SMILES string of the molecule is O=S(=O)(c1ccc2c(c1)OC(F)(F)O2)N1CCC(n2c(-c3ccncc3Cl)nc3cccnc32)CC1. The number of pyridine rings is 2. The molecule has 0 spiro atoms. The lowest BCUT2D eigenvalue weighted by atomic mass is 10.1. The van der Waals surface area contributed by atoms with Crippen LogP contribution in [-0.2, 0) is 10.0 Å². The number of aromatic nitrogens is 4. The van der Waals surface area contributed by atoms with Crippen molar-refractivity contribution in [2.45, 2.75) is 30.1 Å². The molecule has 0 saturated carbocycles. The Morgan fingerprint density at radius 2 is 1.83 bits per heavy atom. The molecule has 0 bridgehead atoms. The number of benzene rings is 1. The molecular formula is C23H18ClF2N5O4S. The first-order chi connectivity index (χ1) is 17.2. The van der Waals surface area contributed by atoms with E-state index in [9.17, 15) is 17.2 Å². The van der Waals surface area contributed by atoms with Crippen LogP contribution in [-0.4, -0.2) is 51.6 Å². The Labute approximate surface area is 209 Å². The molecule has 9 nitrogen and oxygen atoms in total. The summed E-state index contributed by atoms with van der Waals surface area (Å²) in [7, 11) is -3.94. The van der Waals surface area contributed by atoms with Gasteiger partial charge in [-0.2, -0.15) is 4.31 Å². The Balaban J connectivity index is 1.29. The van der Waals surface area contributed by atoms with Gasteiger partial charge >= 0.3 is 6.29 Å². The van der Waals surface area contributed by atoms with E-state index in [1.807, 2.05) is 10.6 Å². The van der Waals surface area contributed by atoms with Crippen LogP contribution in [0.5, 0.6) is 11.5 Å². The van der Waals surface area contributed by atoms with Gasteiger partial charge in [-0.25, -0.2) is 18.4 Å². The summed E-state index contributed by atoms with van der Waals surface area (Å²) < 4.78 is 65.4. The Morgan fingerprint density at radius 3 is 2.61 bits per heavy atom. The number of sulfonamides is 1. The van der Waals surface area contributed by atoms with Crippen molar-refractivity contribution >= 4 is 32.8 Å². The Hall–Kier alpha value is -3.35. The summed E-state index contributed by atoms with van der Waals surface area (Å²) in [5.41, 5.74) is 2.09. The second-order valence-corrected chi connectivity index (χ2v) is 10.8. The number of fused-ring (bicyclic) bond motifs is 2. The minimum absolute atomic E-state index is 0.0916. The molecule has 2 aliphatic heterocycles. The predicted molar refractivity (Wildman–Crippen MR) is 125 cm³/mol. The topological polar surface area (TPSA) is 99.4 Å². The van der Waals surface area contributed by atoms with Crippen LogP contribution in [0.4, 0.5) is 8.78 Å². The van der Waals surface area contributed by atoms with Gasteiger partial charge in [-0.3, -0.25) is 4.98 Å². The molecule has 6 rings (SSSR count). The van der Waals surface area contributed by atoms with Crippen LogP contribution in [0.1, 0.15) is 18.9 Å². The van der Waals surface area contributed by atoms with E-state index in [-0.39, 0.29) is 35.5 Å². The summed E-state index contributed by atoms with van der Waals surface area (Å²) in [5, 5.41) is 0.447. The summed E-state index contributed by atoms with van der Waals surface area (Å²) in [6.07, 6.45) is 2.01. The van der Waals surface area contributed by atoms with Crippen LogP contribution in [0.25, 0.3) is 22.6 Å². The Bertz CT molecular complexity index is 1590. The van der Waals surface area contributed by atoms with Crippen molar-refractivity contribution in [3.8, 4) is 22.9 Å². The lowest BCUT2D eigenvalue weighted by Gasteiger charge is -2.32. The molecule has 2 aliphatic rings. The maximum atomic E-state index is 13.4. The third kappa shape index (κ3) is 3.85. The van der Waals surface area contributed by atoms with Crippen molar-refractivity contribution in [2.75, 3.05) is 13.1 Å². The Kier molecular flexibility index (Phi) is 5.36. The average Bonchev–Trinajstić information content (AvgIpc) is 3.39. The van der Waals surface area contributed by atoms with E-state index in [0.717, 1.165) is 6.07 Å². The molecule has 0 atom stereocenters. The highest BCUT2D eigenvalue weighted by atomic mass is 35.5. The van der Waals surface area contributed by atoms with E-state index in [1.165, 1.54) is 16.4 Å². The van der Waals surface area contributed by atoms with Gasteiger partial charge < -0.3 is 14.0 Å². The van der Waals surface area contributed by atoms with Crippen molar-refractivity contribution < 1.29 is 26.7 Å². The fourth-order valence-electron chi connectivity index (χ4n) is 4.60. The van der Waals surface area contributed by atoms with Crippen LogP contribution in [0.2, 0.25) is 5.02 Å². The second-order valence-electron chi connectivity index (χ2n) is 8.42. The van der Waals surface area contributed by atoms with Crippen LogP contribution in [0.15, 0.2) is 59.9 Å². The summed E-state index contributed by atoms with van der Waals surface area (Å²) in [6, 6.07) is 8.82. The van der Waals surface area contributed by atoms with Crippen LogP contribution in [0, 0.1) is 0 Å². The van der Waals surface area contributed by atoms with Crippen molar-refractivity contribution in [3.05, 3.63) is 60.0 Å². The van der Waals surface area contributed by atoms with Gasteiger partial charge in [0.1, 0.15) is 11.3 Å². The number of alkyl halides is 2. The molecule has 1 fully saturated rings. The maximum Gasteiger partial charge on any atom is 0.586 e. The van der Waals surface area contributed by atoms with E-state index >= 15 is 0 Å². The summed E-state index contributed by atoms with van der Waals surface area (Å²) in [5.74, 6) is 0.111. The maximum absolute atomic E-state index is 13.4. The van der Waals surface area contributed by atoms with Crippen LogP contribution in [0.3, 0.4) is 0 Å². The fraction of sp³-hybridized carbons (Fsp3) is 0.261. The van der Waals surface area contributed by atoms with Crippen LogP contribution >= 0.6 is 11.6 Å². The molecule has 3 aromatic heterocycles. The first kappa shape index (κ1) is 23.1. The molecule has 5 heterocycles. The summed E-state index contributed by atoms with van der Waals surface area (Å²) in [6.45, 7) is 0.432. The number of hydrogen-bond acceptors (Lipinski definition) is 7. The predicted octanol–water partition coefficient (Wildman–Crippen LogP) is 4.49. The lowest BCUT2D eigenvalue weighted by molar-refractivity contribution is -0.286. The first-order valence-electron chi connectivity index (χ1n) is 11.1.